The van der Waals surface area contributed by atoms with Gasteiger partial charge in [0.15, 0.2) is 0 Å². The zero-order valence-electron chi connectivity index (χ0n) is 8.53. The van der Waals surface area contributed by atoms with Gasteiger partial charge in [-0.3, -0.25) is 4.98 Å². The maximum atomic E-state index is 5.95. The number of rotatable bonds is 1. The minimum Gasteiger partial charge on any atom is -0.264 e. The first kappa shape index (κ1) is 10.1. The monoisotopic (exact) mass is 219 g/mol. The van der Waals surface area contributed by atoms with Crippen molar-refractivity contribution in [2.24, 2.45) is 0 Å². The molecule has 4 heteroatoms. The quantitative estimate of drug-likeness (QED) is 0.693. The molecule has 0 aliphatic carbocycles. The highest BCUT2D eigenvalue weighted by molar-refractivity contribution is 6.30. The lowest BCUT2D eigenvalue weighted by Gasteiger charge is -2.07. The number of hydrogen-bond acceptors (Lipinski definition) is 3. The van der Waals surface area contributed by atoms with Crippen LogP contribution in [0.5, 0.6) is 0 Å². The second-order valence-electron chi connectivity index (χ2n) is 3.33. The molecule has 0 radical (unpaired) electrons. The zero-order chi connectivity index (χ0) is 10.8. The summed E-state index contributed by atoms with van der Waals surface area (Å²) in [5.74, 6) is 0. The average Bonchev–Trinajstić information content (AvgIpc) is 2.23. The molecule has 3 nitrogen and oxygen atoms in total. The number of aryl methyl sites for hydroxylation is 1. The molecule has 0 aliphatic heterocycles. The van der Waals surface area contributed by atoms with Gasteiger partial charge in [-0.05, 0) is 25.5 Å². The lowest BCUT2D eigenvalue weighted by Crippen LogP contribution is -1.94. The van der Waals surface area contributed by atoms with Crippen LogP contribution in [0.1, 0.15) is 11.1 Å². The van der Waals surface area contributed by atoms with Crippen LogP contribution in [-0.2, 0) is 0 Å². The van der Waals surface area contributed by atoms with Crippen molar-refractivity contribution in [3.8, 4) is 11.3 Å². The van der Waals surface area contributed by atoms with E-state index in [1.165, 1.54) is 6.33 Å². The maximum Gasteiger partial charge on any atom is 0.135 e. The Morgan fingerprint density at radius 2 is 2.00 bits per heavy atom. The van der Waals surface area contributed by atoms with E-state index in [4.69, 9.17) is 11.6 Å². The fraction of sp³-hybridized carbons (Fsp3) is 0.182. The van der Waals surface area contributed by atoms with Crippen molar-refractivity contribution >= 4 is 11.6 Å². The van der Waals surface area contributed by atoms with Crippen molar-refractivity contribution in [3.05, 3.63) is 41.1 Å². The minimum atomic E-state index is 0.496. The molecule has 0 N–H and O–H groups in total. The molecule has 2 rings (SSSR count). The summed E-state index contributed by atoms with van der Waals surface area (Å²) >= 11 is 5.95. The predicted molar refractivity (Wildman–Crippen MR) is 59.7 cm³/mol. The highest BCUT2D eigenvalue weighted by Gasteiger charge is 2.09. The Labute approximate surface area is 93.2 Å². The average molecular weight is 220 g/mol. The molecule has 76 valence electrons. The Kier molecular flexibility index (Phi) is 2.64. The maximum absolute atomic E-state index is 5.95. The van der Waals surface area contributed by atoms with Gasteiger partial charge in [-0.2, -0.15) is 0 Å². The number of halogens is 1. The standard InChI is InChI=1S/C11H10ClN3/c1-7-5-13-4-3-9(7)10-8(2)11(12)15-6-14-10/h3-6H,1-2H3. The summed E-state index contributed by atoms with van der Waals surface area (Å²) in [5.41, 5.74) is 3.89. The summed E-state index contributed by atoms with van der Waals surface area (Å²) in [7, 11) is 0. The summed E-state index contributed by atoms with van der Waals surface area (Å²) in [4.78, 5) is 12.2. The highest BCUT2D eigenvalue weighted by atomic mass is 35.5. The van der Waals surface area contributed by atoms with Gasteiger partial charge in [0.05, 0.1) is 5.69 Å². The first-order valence-corrected chi connectivity index (χ1v) is 4.96. The molecule has 0 aliphatic rings. The van der Waals surface area contributed by atoms with E-state index < -0.39 is 0 Å². The Balaban J connectivity index is 2.65. The molecule has 2 aromatic rings. The van der Waals surface area contributed by atoms with E-state index in [9.17, 15) is 0 Å². The highest BCUT2D eigenvalue weighted by Crippen LogP contribution is 2.26. The second-order valence-corrected chi connectivity index (χ2v) is 3.69. The molecule has 0 aromatic carbocycles. The van der Waals surface area contributed by atoms with Crippen LogP contribution in [0.2, 0.25) is 5.15 Å². The number of hydrogen-bond donors (Lipinski definition) is 0. The third kappa shape index (κ3) is 1.83. The van der Waals surface area contributed by atoms with Crippen LogP contribution in [0.3, 0.4) is 0 Å². The van der Waals surface area contributed by atoms with Gasteiger partial charge in [-0.1, -0.05) is 11.6 Å². The van der Waals surface area contributed by atoms with Gasteiger partial charge in [0.25, 0.3) is 0 Å². The molecule has 0 spiro atoms. The topological polar surface area (TPSA) is 38.7 Å². The Bertz CT molecular complexity index is 497. The third-order valence-corrected chi connectivity index (χ3v) is 2.68. The van der Waals surface area contributed by atoms with Crippen LogP contribution in [0.25, 0.3) is 11.3 Å². The van der Waals surface area contributed by atoms with E-state index in [2.05, 4.69) is 15.0 Å². The number of nitrogens with zero attached hydrogens (tertiary/aromatic N) is 3. The van der Waals surface area contributed by atoms with Crippen molar-refractivity contribution < 1.29 is 0 Å². The molecule has 0 amide bonds. The fourth-order valence-electron chi connectivity index (χ4n) is 1.44. The first-order valence-electron chi connectivity index (χ1n) is 4.58. The minimum absolute atomic E-state index is 0.496. The van der Waals surface area contributed by atoms with Gasteiger partial charge in [0.1, 0.15) is 11.5 Å². The van der Waals surface area contributed by atoms with Gasteiger partial charge >= 0.3 is 0 Å². The molecule has 0 saturated carbocycles. The van der Waals surface area contributed by atoms with Crippen molar-refractivity contribution in [1.29, 1.82) is 0 Å². The molecule has 2 heterocycles. The van der Waals surface area contributed by atoms with Crippen molar-refractivity contribution in [3.63, 3.8) is 0 Å². The van der Waals surface area contributed by atoms with Crippen LogP contribution in [-0.4, -0.2) is 15.0 Å². The van der Waals surface area contributed by atoms with Crippen molar-refractivity contribution in [2.45, 2.75) is 13.8 Å². The molecule has 0 bridgehead atoms. The second kappa shape index (κ2) is 3.95. The van der Waals surface area contributed by atoms with Crippen LogP contribution in [0.15, 0.2) is 24.8 Å². The van der Waals surface area contributed by atoms with Gasteiger partial charge in [-0.25, -0.2) is 9.97 Å². The zero-order valence-corrected chi connectivity index (χ0v) is 9.28. The summed E-state index contributed by atoms with van der Waals surface area (Å²) in [6.45, 7) is 3.91. The first-order chi connectivity index (χ1) is 7.20. The normalized spacial score (nSPS) is 10.3. The van der Waals surface area contributed by atoms with Crippen LogP contribution >= 0.6 is 11.6 Å². The number of pyridine rings is 1. The lowest BCUT2D eigenvalue weighted by atomic mass is 10.1. The lowest BCUT2D eigenvalue weighted by molar-refractivity contribution is 1.13. The van der Waals surface area contributed by atoms with Crippen molar-refractivity contribution in [2.75, 3.05) is 0 Å². The molecular formula is C11H10ClN3. The smallest absolute Gasteiger partial charge is 0.135 e. The van der Waals surface area contributed by atoms with E-state index in [0.717, 1.165) is 22.4 Å². The van der Waals surface area contributed by atoms with E-state index in [1.54, 1.807) is 6.20 Å². The molecule has 0 fully saturated rings. The van der Waals surface area contributed by atoms with E-state index in [1.807, 2.05) is 26.1 Å². The molecule has 0 unspecified atom stereocenters. The van der Waals surface area contributed by atoms with Crippen LogP contribution in [0, 0.1) is 13.8 Å². The van der Waals surface area contributed by atoms with E-state index >= 15 is 0 Å². The molecule has 15 heavy (non-hydrogen) atoms. The Morgan fingerprint density at radius 1 is 1.20 bits per heavy atom. The van der Waals surface area contributed by atoms with Crippen molar-refractivity contribution in [1.82, 2.24) is 15.0 Å². The Morgan fingerprint density at radius 3 is 2.73 bits per heavy atom. The van der Waals surface area contributed by atoms with Crippen LogP contribution < -0.4 is 0 Å². The molecular weight excluding hydrogens is 210 g/mol. The van der Waals surface area contributed by atoms with Crippen LogP contribution in [0.4, 0.5) is 0 Å². The molecule has 2 aromatic heterocycles. The van der Waals surface area contributed by atoms with E-state index in [0.29, 0.717) is 5.15 Å². The van der Waals surface area contributed by atoms with Gasteiger partial charge in [0, 0.05) is 23.5 Å². The predicted octanol–water partition coefficient (Wildman–Crippen LogP) is 2.81. The van der Waals surface area contributed by atoms with Gasteiger partial charge in [-0.15, -0.1) is 0 Å². The van der Waals surface area contributed by atoms with E-state index in [-0.39, 0.29) is 0 Å². The van der Waals surface area contributed by atoms with Gasteiger partial charge < -0.3 is 0 Å². The SMILES string of the molecule is Cc1cnccc1-c1ncnc(Cl)c1C. The molecule has 0 atom stereocenters. The van der Waals surface area contributed by atoms with Gasteiger partial charge in [0.2, 0.25) is 0 Å². The third-order valence-electron chi connectivity index (χ3n) is 2.30. The Hall–Kier alpha value is -1.48. The summed E-state index contributed by atoms with van der Waals surface area (Å²) in [6, 6.07) is 1.93. The summed E-state index contributed by atoms with van der Waals surface area (Å²) in [5, 5.41) is 0.496. The summed E-state index contributed by atoms with van der Waals surface area (Å²) in [6.07, 6.45) is 5.03. The number of aromatic nitrogens is 3. The molecule has 0 saturated heterocycles. The largest absolute Gasteiger partial charge is 0.264 e. The fourth-order valence-corrected chi connectivity index (χ4v) is 1.57. The summed E-state index contributed by atoms with van der Waals surface area (Å²) < 4.78 is 0.